The second kappa shape index (κ2) is 6.71. The van der Waals surface area contributed by atoms with E-state index in [1.165, 1.54) is 6.07 Å². The summed E-state index contributed by atoms with van der Waals surface area (Å²) < 4.78 is 31.9. The maximum atomic E-state index is 12.3. The lowest BCUT2D eigenvalue weighted by Crippen LogP contribution is -2.16. The van der Waals surface area contributed by atoms with Crippen LogP contribution in [0.4, 0.5) is 11.6 Å². The number of hydrogen-bond acceptors (Lipinski definition) is 7. The van der Waals surface area contributed by atoms with Gasteiger partial charge in [0.05, 0.1) is 18.0 Å². The zero-order valence-electron chi connectivity index (χ0n) is 12.5. The second-order valence-corrected chi connectivity index (χ2v) is 6.21. The first kappa shape index (κ1) is 16.2. The van der Waals surface area contributed by atoms with Gasteiger partial charge >= 0.3 is 0 Å². The zero-order valence-corrected chi connectivity index (χ0v) is 13.4. The topological polar surface area (TPSA) is 122 Å². The Kier molecular flexibility index (Phi) is 4.93. The molecule has 0 aromatic carbocycles. The molecule has 0 radical (unpaired) electrons. The molecule has 2 aromatic rings. The Morgan fingerprint density at radius 3 is 2.45 bits per heavy atom. The summed E-state index contributed by atoms with van der Waals surface area (Å²) in [6, 6.07) is 3.17. The van der Waals surface area contributed by atoms with Gasteiger partial charge in [-0.15, -0.1) is 10.2 Å². The lowest BCUT2D eigenvalue weighted by molar-refractivity contribution is 0.210. The number of hydrogen-bond donors (Lipinski definition) is 3. The number of aromatic amines is 1. The molecule has 10 heteroatoms. The minimum absolute atomic E-state index is 0.122. The second-order valence-electron chi connectivity index (χ2n) is 4.59. The number of aromatic nitrogens is 4. The van der Waals surface area contributed by atoms with Crippen LogP contribution in [-0.4, -0.2) is 49.1 Å². The molecule has 0 unspecified atom stereocenters. The van der Waals surface area contributed by atoms with Gasteiger partial charge in [-0.2, -0.15) is 5.10 Å². The van der Waals surface area contributed by atoms with Crippen molar-refractivity contribution in [3.8, 4) is 0 Å². The third-order valence-electron chi connectivity index (χ3n) is 2.85. The molecule has 9 nitrogen and oxygen atoms in total. The van der Waals surface area contributed by atoms with Crippen LogP contribution < -0.4 is 10.0 Å². The highest BCUT2D eigenvalue weighted by Gasteiger charge is 2.22. The third-order valence-corrected chi connectivity index (χ3v) is 4.46. The van der Waals surface area contributed by atoms with Crippen molar-refractivity contribution >= 4 is 21.7 Å². The van der Waals surface area contributed by atoms with Crippen LogP contribution in [0.25, 0.3) is 0 Å². The zero-order chi connectivity index (χ0) is 16.2. The summed E-state index contributed by atoms with van der Waals surface area (Å²) in [5, 5.41) is 17.2. The predicted molar refractivity (Wildman–Crippen MR) is 81.3 cm³/mol. The van der Waals surface area contributed by atoms with E-state index < -0.39 is 10.0 Å². The van der Waals surface area contributed by atoms with Gasteiger partial charge in [0.2, 0.25) is 0 Å². The summed E-state index contributed by atoms with van der Waals surface area (Å²) in [7, 11) is -2.15. The number of H-pyrrole nitrogens is 1. The smallest absolute Gasteiger partial charge is 0.266 e. The van der Waals surface area contributed by atoms with Gasteiger partial charge < -0.3 is 10.1 Å². The lowest BCUT2D eigenvalue weighted by Gasteiger charge is -2.08. The van der Waals surface area contributed by atoms with Crippen LogP contribution in [0.5, 0.6) is 0 Å². The van der Waals surface area contributed by atoms with Crippen LogP contribution in [0.2, 0.25) is 0 Å². The highest BCUT2D eigenvalue weighted by Crippen LogP contribution is 2.19. The van der Waals surface area contributed by atoms with E-state index in [0.717, 1.165) is 0 Å². The summed E-state index contributed by atoms with van der Waals surface area (Å²) in [6.45, 7) is 4.38. The molecule has 0 saturated carbocycles. The molecule has 0 fully saturated rings. The van der Waals surface area contributed by atoms with E-state index >= 15 is 0 Å². The Bertz CT molecular complexity index is 706. The number of nitrogens with zero attached hydrogens (tertiary/aromatic N) is 3. The normalized spacial score (nSPS) is 11.4. The minimum Gasteiger partial charge on any atom is -0.383 e. The van der Waals surface area contributed by atoms with Crippen LogP contribution >= 0.6 is 0 Å². The largest absolute Gasteiger partial charge is 0.383 e. The molecule has 0 atom stereocenters. The third kappa shape index (κ3) is 3.71. The molecule has 2 heterocycles. The molecule has 0 bridgehead atoms. The molecular formula is C12H18N6O3S. The van der Waals surface area contributed by atoms with Crippen molar-refractivity contribution in [2.24, 2.45) is 0 Å². The van der Waals surface area contributed by atoms with E-state index in [-0.39, 0.29) is 10.7 Å². The van der Waals surface area contributed by atoms with Crippen LogP contribution in [-0.2, 0) is 14.8 Å². The van der Waals surface area contributed by atoms with E-state index in [1.54, 1.807) is 27.0 Å². The molecule has 22 heavy (non-hydrogen) atoms. The number of anilines is 2. The van der Waals surface area contributed by atoms with Gasteiger partial charge in [0.15, 0.2) is 5.82 Å². The predicted octanol–water partition coefficient (Wildman–Crippen LogP) is 0.676. The van der Waals surface area contributed by atoms with Crippen molar-refractivity contribution < 1.29 is 13.2 Å². The van der Waals surface area contributed by atoms with Gasteiger partial charge in [-0.25, -0.2) is 8.42 Å². The molecule has 0 aliphatic carbocycles. The molecule has 2 aromatic heterocycles. The first-order valence-electron chi connectivity index (χ1n) is 6.55. The summed E-state index contributed by atoms with van der Waals surface area (Å²) in [4.78, 5) is 0.122. The van der Waals surface area contributed by atoms with E-state index in [1.807, 2.05) is 0 Å². The van der Waals surface area contributed by atoms with Crippen molar-refractivity contribution in [3.05, 3.63) is 23.5 Å². The van der Waals surface area contributed by atoms with E-state index in [2.05, 4.69) is 30.4 Å². The van der Waals surface area contributed by atoms with E-state index in [9.17, 15) is 8.42 Å². The number of methoxy groups -OCH3 is 1. The molecule has 0 aliphatic rings. The first-order valence-corrected chi connectivity index (χ1v) is 8.03. The average molecular weight is 326 g/mol. The van der Waals surface area contributed by atoms with Gasteiger partial charge in [0, 0.05) is 13.7 Å². The molecular weight excluding hydrogens is 308 g/mol. The van der Waals surface area contributed by atoms with Crippen LogP contribution in [0.3, 0.4) is 0 Å². The van der Waals surface area contributed by atoms with Gasteiger partial charge in [-0.05, 0) is 26.0 Å². The Morgan fingerprint density at radius 2 is 1.91 bits per heavy atom. The van der Waals surface area contributed by atoms with Gasteiger partial charge in [-0.1, -0.05) is 0 Å². The van der Waals surface area contributed by atoms with Gasteiger partial charge in [-0.3, -0.25) is 9.82 Å². The molecule has 0 amide bonds. The fourth-order valence-corrected chi connectivity index (χ4v) is 3.26. The van der Waals surface area contributed by atoms with Gasteiger partial charge in [0.25, 0.3) is 10.0 Å². The Balaban J connectivity index is 2.10. The Labute approximate surface area is 128 Å². The van der Waals surface area contributed by atoms with Gasteiger partial charge in [0.1, 0.15) is 10.7 Å². The maximum absolute atomic E-state index is 12.3. The number of ether oxygens (including phenoxy) is 1. The van der Waals surface area contributed by atoms with E-state index in [4.69, 9.17) is 4.74 Å². The molecule has 0 aliphatic heterocycles. The fourth-order valence-electron chi connectivity index (χ4n) is 1.89. The van der Waals surface area contributed by atoms with Crippen LogP contribution in [0, 0.1) is 13.8 Å². The van der Waals surface area contributed by atoms with Crippen molar-refractivity contribution in [1.29, 1.82) is 0 Å². The molecule has 3 N–H and O–H groups in total. The summed E-state index contributed by atoms with van der Waals surface area (Å²) >= 11 is 0. The van der Waals surface area contributed by atoms with Crippen molar-refractivity contribution in [3.63, 3.8) is 0 Å². The quantitative estimate of drug-likeness (QED) is 0.639. The highest BCUT2D eigenvalue weighted by molar-refractivity contribution is 7.92. The SMILES string of the molecule is COCCNc1ccc(NS(=O)(=O)c2c(C)n[nH]c2C)nn1. The monoisotopic (exact) mass is 326 g/mol. The van der Waals surface area contributed by atoms with Crippen molar-refractivity contribution in [2.75, 3.05) is 30.3 Å². The average Bonchev–Trinajstić information content (AvgIpc) is 2.81. The number of aryl methyl sites for hydroxylation is 2. The molecule has 2 rings (SSSR count). The highest BCUT2D eigenvalue weighted by atomic mass is 32.2. The summed E-state index contributed by atoms with van der Waals surface area (Å²) in [6.07, 6.45) is 0. The molecule has 0 saturated heterocycles. The number of sulfonamides is 1. The van der Waals surface area contributed by atoms with E-state index in [0.29, 0.717) is 30.4 Å². The Hall–Kier alpha value is -2.20. The van der Waals surface area contributed by atoms with Crippen molar-refractivity contribution in [2.45, 2.75) is 18.7 Å². The van der Waals surface area contributed by atoms with Crippen molar-refractivity contribution in [1.82, 2.24) is 20.4 Å². The maximum Gasteiger partial charge on any atom is 0.266 e. The molecule has 0 spiro atoms. The lowest BCUT2D eigenvalue weighted by atomic mass is 10.4. The number of rotatable bonds is 7. The summed E-state index contributed by atoms with van der Waals surface area (Å²) in [5.74, 6) is 0.674. The first-order chi connectivity index (χ1) is 10.4. The van der Waals surface area contributed by atoms with Crippen LogP contribution in [0.15, 0.2) is 17.0 Å². The Morgan fingerprint density at radius 1 is 1.23 bits per heavy atom. The van der Waals surface area contributed by atoms with Crippen LogP contribution in [0.1, 0.15) is 11.4 Å². The number of nitrogens with one attached hydrogen (secondary N) is 3. The molecule has 120 valence electrons. The fraction of sp³-hybridized carbons (Fsp3) is 0.417. The summed E-state index contributed by atoms with van der Waals surface area (Å²) in [5.41, 5.74) is 0.867. The minimum atomic E-state index is -3.75. The standard InChI is InChI=1S/C12H18N6O3S/c1-8-12(9(2)15-14-8)22(19,20)18-11-5-4-10(16-17-11)13-6-7-21-3/h4-5H,6-7H2,1-3H3,(H,13,16)(H,14,15)(H,17,18).